The molecule has 18 heavy (non-hydrogen) atoms. The third-order valence-electron chi connectivity index (χ3n) is 4.02. The van der Waals surface area contributed by atoms with E-state index in [9.17, 15) is 0 Å². The number of hydrogen-bond acceptors (Lipinski definition) is 3. The summed E-state index contributed by atoms with van der Waals surface area (Å²) in [6, 6.07) is 9.30. The number of nitrogens with zero attached hydrogens (tertiary/aromatic N) is 2. The summed E-state index contributed by atoms with van der Waals surface area (Å²) >= 11 is 0. The van der Waals surface area contributed by atoms with Crippen LogP contribution in [0.1, 0.15) is 31.9 Å². The van der Waals surface area contributed by atoms with E-state index >= 15 is 0 Å². The summed E-state index contributed by atoms with van der Waals surface area (Å²) < 4.78 is 0. The second-order valence-corrected chi connectivity index (χ2v) is 5.34. The molecule has 0 amide bonds. The molecule has 0 radical (unpaired) electrons. The van der Waals surface area contributed by atoms with Crippen molar-refractivity contribution < 1.29 is 0 Å². The van der Waals surface area contributed by atoms with Crippen LogP contribution in [0.5, 0.6) is 0 Å². The predicted octanol–water partition coefficient (Wildman–Crippen LogP) is 2.24. The molecule has 100 valence electrons. The number of rotatable bonds is 3. The maximum Gasteiger partial charge on any atom is 0.0415 e. The Balaban J connectivity index is 2.21. The van der Waals surface area contributed by atoms with Crippen molar-refractivity contribution in [3.63, 3.8) is 0 Å². The molecule has 1 heterocycles. The molecule has 3 heteroatoms. The average Bonchev–Trinajstić information content (AvgIpc) is 2.39. The van der Waals surface area contributed by atoms with Crippen LogP contribution in [-0.2, 0) is 0 Å². The lowest BCUT2D eigenvalue weighted by Gasteiger charge is -2.41. The highest BCUT2D eigenvalue weighted by atomic mass is 15.3. The lowest BCUT2D eigenvalue weighted by atomic mass is 10.0. The Hall–Kier alpha value is -1.06. The summed E-state index contributed by atoms with van der Waals surface area (Å²) in [5, 5.41) is 0. The topological polar surface area (TPSA) is 32.5 Å². The zero-order valence-corrected chi connectivity index (χ0v) is 11.8. The Morgan fingerprint density at radius 1 is 1.33 bits per heavy atom. The van der Waals surface area contributed by atoms with Gasteiger partial charge in [0.15, 0.2) is 0 Å². The molecular weight excluding hydrogens is 222 g/mol. The summed E-state index contributed by atoms with van der Waals surface area (Å²) in [6.45, 7) is 7.66. The van der Waals surface area contributed by atoms with Gasteiger partial charge >= 0.3 is 0 Å². The van der Waals surface area contributed by atoms with E-state index in [1.54, 1.807) is 0 Å². The summed E-state index contributed by atoms with van der Waals surface area (Å²) in [5.74, 6) is 0. The number of anilines is 1. The van der Waals surface area contributed by atoms with E-state index in [1.165, 1.54) is 17.7 Å². The van der Waals surface area contributed by atoms with Crippen molar-refractivity contribution in [2.24, 2.45) is 5.73 Å². The second kappa shape index (κ2) is 5.72. The van der Waals surface area contributed by atoms with Crippen LogP contribution in [0.15, 0.2) is 24.3 Å². The van der Waals surface area contributed by atoms with Gasteiger partial charge < -0.3 is 10.6 Å². The van der Waals surface area contributed by atoms with Crippen LogP contribution < -0.4 is 10.6 Å². The van der Waals surface area contributed by atoms with Gasteiger partial charge in [0, 0.05) is 37.4 Å². The zero-order valence-electron chi connectivity index (χ0n) is 11.8. The number of para-hydroxylation sites is 1. The van der Waals surface area contributed by atoms with Crippen molar-refractivity contribution in [1.82, 2.24) is 4.90 Å². The number of nitrogens with two attached hydrogens (primary N) is 1. The van der Waals surface area contributed by atoms with Gasteiger partial charge in [-0.3, -0.25) is 4.90 Å². The third-order valence-corrected chi connectivity index (χ3v) is 4.02. The largest absolute Gasteiger partial charge is 0.368 e. The Bertz CT molecular complexity index is 389. The minimum atomic E-state index is 0.0981. The van der Waals surface area contributed by atoms with E-state index in [0.29, 0.717) is 6.04 Å². The van der Waals surface area contributed by atoms with Crippen LogP contribution >= 0.6 is 0 Å². The van der Waals surface area contributed by atoms with Crippen molar-refractivity contribution in [3.05, 3.63) is 29.8 Å². The molecule has 1 aromatic carbocycles. The summed E-state index contributed by atoms with van der Waals surface area (Å²) in [4.78, 5) is 4.96. The normalized spacial score (nSPS) is 23.1. The van der Waals surface area contributed by atoms with Crippen molar-refractivity contribution >= 4 is 5.69 Å². The van der Waals surface area contributed by atoms with Gasteiger partial charge in [-0.05, 0) is 32.0 Å². The van der Waals surface area contributed by atoms with Crippen molar-refractivity contribution in [1.29, 1.82) is 0 Å². The van der Waals surface area contributed by atoms with E-state index in [1.807, 2.05) is 0 Å². The molecule has 0 saturated carbocycles. The highest BCUT2D eigenvalue weighted by Crippen LogP contribution is 2.27. The number of piperazine rings is 1. The SMILES string of the molecule is CCC1CN(c2ccccc2[C@@H](C)N)CCN1C. The molecule has 3 nitrogen and oxygen atoms in total. The van der Waals surface area contributed by atoms with Crippen LogP contribution in [0.4, 0.5) is 5.69 Å². The zero-order chi connectivity index (χ0) is 13.1. The van der Waals surface area contributed by atoms with E-state index in [2.05, 4.69) is 55.0 Å². The lowest BCUT2D eigenvalue weighted by Crippen LogP contribution is -2.51. The fourth-order valence-electron chi connectivity index (χ4n) is 2.77. The molecule has 1 fully saturated rings. The lowest BCUT2D eigenvalue weighted by molar-refractivity contribution is 0.213. The van der Waals surface area contributed by atoms with Crippen LogP contribution in [0, 0.1) is 0 Å². The number of likely N-dealkylation sites (N-methyl/N-ethyl adjacent to an activating group) is 1. The monoisotopic (exact) mass is 247 g/mol. The molecule has 0 aliphatic carbocycles. The Labute approximate surface area is 111 Å². The highest BCUT2D eigenvalue weighted by Gasteiger charge is 2.24. The van der Waals surface area contributed by atoms with Crippen LogP contribution in [0.2, 0.25) is 0 Å². The van der Waals surface area contributed by atoms with Crippen LogP contribution in [0.3, 0.4) is 0 Å². The summed E-state index contributed by atoms with van der Waals surface area (Å²) in [7, 11) is 2.23. The van der Waals surface area contributed by atoms with Gasteiger partial charge in [-0.1, -0.05) is 25.1 Å². The molecule has 1 aliphatic heterocycles. The van der Waals surface area contributed by atoms with Crippen LogP contribution in [0.25, 0.3) is 0 Å². The molecule has 0 spiro atoms. The minimum Gasteiger partial charge on any atom is -0.368 e. The fraction of sp³-hybridized carbons (Fsp3) is 0.600. The van der Waals surface area contributed by atoms with Gasteiger partial charge in [-0.2, -0.15) is 0 Å². The molecule has 1 saturated heterocycles. The predicted molar refractivity (Wildman–Crippen MR) is 78.0 cm³/mol. The Morgan fingerprint density at radius 2 is 2.06 bits per heavy atom. The first-order valence-electron chi connectivity index (χ1n) is 6.93. The van der Waals surface area contributed by atoms with Crippen molar-refractivity contribution in [3.8, 4) is 0 Å². The van der Waals surface area contributed by atoms with Crippen LogP contribution in [-0.4, -0.2) is 37.6 Å². The first-order valence-corrected chi connectivity index (χ1v) is 6.93. The molecule has 0 bridgehead atoms. The van der Waals surface area contributed by atoms with Gasteiger partial charge in [0.25, 0.3) is 0 Å². The van der Waals surface area contributed by atoms with Crippen molar-refractivity contribution in [2.75, 3.05) is 31.6 Å². The number of hydrogen-bond donors (Lipinski definition) is 1. The molecule has 2 atom stereocenters. The molecule has 0 aromatic heterocycles. The summed E-state index contributed by atoms with van der Waals surface area (Å²) in [6.07, 6.45) is 1.20. The number of benzene rings is 1. The molecule has 2 N–H and O–H groups in total. The summed E-state index contributed by atoms with van der Waals surface area (Å²) in [5.41, 5.74) is 8.66. The Kier molecular flexibility index (Phi) is 4.25. The van der Waals surface area contributed by atoms with Gasteiger partial charge in [-0.25, -0.2) is 0 Å². The molecule has 1 aliphatic rings. The maximum absolute atomic E-state index is 6.08. The Morgan fingerprint density at radius 3 is 2.72 bits per heavy atom. The van der Waals surface area contributed by atoms with E-state index in [-0.39, 0.29) is 6.04 Å². The van der Waals surface area contributed by atoms with Gasteiger partial charge in [0.05, 0.1) is 0 Å². The van der Waals surface area contributed by atoms with E-state index < -0.39 is 0 Å². The van der Waals surface area contributed by atoms with E-state index in [4.69, 9.17) is 5.73 Å². The standard InChI is InChI=1S/C15H25N3/c1-4-13-11-18(10-9-17(13)3)15-8-6-5-7-14(15)12(2)16/h5-8,12-13H,4,9-11,16H2,1-3H3/t12-,13?/m1/s1. The van der Waals surface area contributed by atoms with Gasteiger partial charge in [-0.15, -0.1) is 0 Å². The second-order valence-electron chi connectivity index (χ2n) is 5.34. The third kappa shape index (κ3) is 2.68. The molecular formula is C15H25N3. The minimum absolute atomic E-state index is 0.0981. The first-order chi connectivity index (χ1) is 8.63. The smallest absolute Gasteiger partial charge is 0.0415 e. The molecule has 2 rings (SSSR count). The maximum atomic E-state index is 6.08. The van der Waals surface area contributed by atoms with Gasteiger partial charge in [0.2, 0.25) is 0 Å². The highest BCUT2D eigenvalue weighted by molar-refractivity contribution is 5.55. The first kappa shape index (κ1) is 13.4. The van der Waals surface area contributed by atoms with E-state index in [0.717, 1.165) is 19.6 Å². The molecule has 1 unspecified atom stereocenters. The molecule has 1 aromatic rings. The fourth-order valence-corrected chi connectivity index (χ4v) is 2.77. The van der Waals surface area contributed by atoms with Crippen molar-refractivity contribution in [2.45, 2.75) is 32.4 Å². The average molecular weight is 247 g/mol. The quantitative estimate of drug-likeness (QED) is 0.889. The van der Waals surface area contributed by atoms with Gasteiger partial charge in [0.1, 0.15) is 0 Å².